The maximum Gasteiger partial charge on any atom is 0.407 e. The highest BCUT2D eigenvalue weighted by Crippen LogP contribution is 2.55. The number of anilines is 1. The number of ether oxygens (including phenoxy) is 4. The van der Waals surface area contributed by atoms with Crippen molar-refractivity contribution < 1.29 is 28.5 Å². The lowest BCUT2D eigenvalue weighted by Crippen LogP contribution is -2.60. The zero-order chi connectivity index (χ0) is 31.0. The molecule has 2 aliphatic heterocycles. The topological polar surface area (TPSA) is 151 Å². The first kappa shape index (κ1) is 28.4. The highest BCUT2D eigenvalue weighted by molar-refractivity contribution is 5.96. The van der Waals surface area contributed by atoms with Gasteiger partial charge in [-0.25, -0.2) is 24.5 Å². The van der Waals surface area contributed by atoms with Crippen molar-refractivity contribution in [3.05, 3.63) is 48.0 Å². The molecule has 2 aromatic heterocycles. The molecule has 3 amide bonds. The van der Waals surface area contributed by atoms with Crippen LogP contribution in [0.25, 0.3) is 11.2 Å². The van der Waals surface area contributed by atoms with Gasteiger partial charge in [0.25, 0.3) is 0 Å². The van der Waals surface area contributed by atoms with E-state index >= 15 is 0 Å². The Kier molecular flexibility index (Phi) is 6.55. The van der Waals surface area contributed by atoms with Gasteiger partial charge in [-0.3, -0.25) is 9.88 Å². The lowest BCUT2D eigenvalue weighted by Gasteiger charge is -2.56. The fraction of sp³-hybridized carbons (Fsp3) is 0.606. The van der Waals surface area contributed by atoms with Crippen LogP contribution in [0.15, 0.2) is 36.9 Å². The van der Waals surface area contributed by atoms with Gasteiger partial charge in [0.15, 0.2) is 29.0 Å². The molecule has 10 rings (SSSR count). The molecule has 4 bridgehead atoms. The molecule has 7 aliphatic rings. The van der Waals surface area contributed by atoms with Gasteiger partial charge in [-0.1, -0.05) is 24.3 Å². The molecule has 4 saturated carbocycles. The molecular weight excluding hydrogens is 590 g/mol. The number of imidazole rings is 1. The molecule has 46 heavy (non-hydrogen) atoms. The fourth-order valence-corrected chi connectivity index (χ4v) is 9.70. The zero-order valence-corrected chi connectivity index (χ0v) is 25.8. The third kappa shape index (κ3) is 4.73. The van der Waals surface area contributed by atoms with E-state index in [0.717, 1.165) is 37.0 Å². The molecule has 242 valence electrons. The van der Waals surface area contributed by atoms with E-state index in [0.29, 0.717) is 36.4 Å². The Labute approximate surface area is 266 Å². The van der Waals surface area contributed by atoms with E-state index in [1.165, 1.54) is 36.7 Å². The molecule has 1 aromatic carbocycles. The average Bonchev–Trinajstić information content (AvgIpc) is 3.77. The molecule has 13 nitrogen and oxygen atoms in total. The summed E-state index contributed by atoms with van der Waals surface area (Å²) in [7, 11) is 0. The van der Waals surface area contributed by atoms with Crippen LogP contribution in [0.3, 0.4) is 0 Å². The summed E-state index contributed by atoms with van der Waals surface area (Å²) in [4.78, 5) is 39.1. The van der Waals surface area contributed by atoms with Crippen molar-refractivity contribution in [1.82, 2.24) is 30.2 Å². The standard InChI is InChI=1S/C33H39N7O6/c1-2-34-31(42)43-15-23-25-26(46-33(45-25)13-21-5-3-4-6-22(21)14-33)29(44-23)40-17-37-24-27(35-16-36-28(24)40)38-30(41)39-32-10-18-7-19(11-32)9-20(8-18)12-32/h3-6,16-20,23,25-26,29H,2,7-15H2,1H3,(H,34,42)(H2,35,36,38,39,41)/t18?,19?,20?,23-,25-,26-,29-,32?/m1/s1. The number of alkyl carbamates (subject to hydrolysis) is 1. The third-order valence-corrected chi connectivity index (χ3v) is 11.0. The number of amides is 3. The molecule has 2 saturated heterocycles. The van der Waals surface area contributed by atoms with E-state index in [2.05, 4.69) is 43.0 Å². The molecule has 0 radical (unpaired) electrons. The van der Waals surface area contributed by atoms with Gasteiger partial charge in [0.1, 0.15) is 31.2 Å². The highest BCUT2D eigenvalue weighted by atomic mass is 16.8. The van der Waals surface area contributed by atoms with Gasteiger partial charge in [0, 0.05) is 24.9 Å². The van der Waals surface area contributed by atoms with Gasteiger partial charge >= 0.3 is 12.1 Å². The smallest absolute Gasteiger partial charge is 0.407 e. The SMILES string of the molecule is CCNC(=O)OC[C@H]1O[C@@H](n2cnc3c(NC(=O)NC45CC6CC(CC(C6)C4)C5)ncnc32)[C@@H]2OC3(Cc4ccccc4C3)O[C@@H]21. The van der Waals surface area contributed by atoms with Crippen molar-refractivity contribution in [2.24, 2.45) is 17.8 Å². The number of fused-ring (bicyclic) bond motifs is 3. The summed E-state index contributed by atoms with van der Waals surface area (Å²) >= 11 is 0. The summed E-state index contributed by atoms with van der Waals surface area (Å²) in [5.74, 6) is 1.66. The van der Waals surface area contributed by atoms with Gasteiger partial charge in [-0.15, -0.1) is 0 Å². The number of rotatable bonds is 6. The van der Waals surface area contributed by atoms with Crippen LogP contribution < -0.4 is 16.0 Å². The number of hydrogen-bond acceptors (Lipinski definition) is 9. The first-order valence-corrected chi connectivity index (χ1v) is 16.6. The summed E-state index contributed by atoms with van der Waals surface area (Å²) in [6.07, 6.45) is 8.61. The lowest BCUT2D eigenvalue weighted by atomic mass is 9.53. The Morgan fingerprint density at radius 3 is 2.37 bits per heavy atom. The number of carbonyl (C=O) groups is 2. The minimum Gasteiger partial charge on any atom is -0.447 e. The molecule has 3 N–H and O–H groups in total. The number of nitrogens with zero attached hydrogens (tertiary/aromatic N) is 4. The molecule has 6 fully saturated rings. The van der Waals surface area contributed by atoms with E-state index < -0.39 is 36.4 Å². The number of nitrogens with one attached hydrogen (secondary N) is 3. The van der Waals surface area contributed by atoms with Crippen molar-refractivity contribution >= 4 is 29.1 Å². The molecular formula is C33H39N7O6. The number of hydrogen-bond donors (Lipinski definition) is 3. The van der Waals surface area contributed by atoms with E-state index in [4.69, 9.17) is 18.9 Å². The monoisotopic (exact) mass is 629 g/mol. The van der Waals surface area contributed by atoms with Gasteiger partial charge in [-0.2, -0.15) is 0 Å². The second kappa shape index (κ2) is 10.6. The van der Waals surface area contributed by atoms with Crippen LogP contribution in [0.2, 0.25) is 0 Å². The molecule has 0 unspecified atom stereocenters. The third-order valence-electron chi connectivity index (χ3n) is 11.0. The van der Waals surface area contributed by atoms with E-state index in [1.54, 1.807) is 10.9 Å². The largest absolute Gasteiger partial charge is 0.447 e. The summed E-state index contributed by atoms with van der Waals surface area (Å²) in [6.45, 7) is 2.28. The van der Waals surface area contributed by atoms with Crippen LogP contribution in [-0.2, 0) is 31.8 Å². The summed E-state index contributed by atoms with van der Waals surface area (Å²) in [6, 6.07) is 7.99. The van der Waals surface area contributed by atoms with Gasteiger partial charge in [0.2, 0.25) is 0 Å². The highest BCUT2D eigenvalue weighted by Gasteiger charge is 2.60. The first-order chi connectivity index (χ1) is 22.4. The van der Waals surface area contributed by atoms with Crippen LogP contribution >= 0.6 is 0 Å². The first-order valence-electron chi connectivity index (χ1n) is 16.6. The molecule has 4 atom stereocenters. The maximum atomic E-state index is 13.4. The van der Waals surface area contributed by atoms with E-state index in [9.17, 15) is 9.59 Å². The number of urea groups is 1. The van der Waals surface area contributed by atoms with Crippen LogP contribution in [0, 0.1) is 17.8 Å². The maximum absolute atomic E-state index is 13.4. The van der Waals surface area contributed by atoms with Crippen LogP contribution in [0.4, 0.5) is 15.4 Å². The molecule has 4 heterocycles. The van der Waals surface area contributed by atoms with Crippen molar-refractivity contribution in [3.63, 3.8) is 0 Å². The van der Waals surface area contributed by atoms with Crippen molar-refractivity contribution in [3.8, 4) is 0 Å². The minimum atomic E-state index is -0.835. The summed E-state index contributed by atoms with van der Waals surface area (Å²) in [5.41, 5.74) is 3.20. The van der Waals surface area contributed by atoms with Crippen LogP contribution in [-0.4, -0.2) is 74.4 Å². The molecule has 13 heteroatoms. The van der Waals surface area contributed by atoms with E-state index in [1.807, 2.05) is 19.1 Å². The fourth-order valence-electron chi connectivity index (χ4n) is 9.70. The normalized spacial score (nSPS) is 34.5. The van der Waals surface area contributed by atoms with Gasteiger partial charge in [0.05, 0.1) is 6.33 Å². The van der Waals surface area contributed by atoms with Crippen LogP contribution in [0.1, 0.15) is 62.8 Å². The summed E-state index contributed by atoms with van der Waals surface area (Å²) < 4.78 is 27.2. The van der Waals surface area contributed by atoms with Crippen molar-refractivity contribution in [2.75, 3.05) is 18.5 Å². The second-order valence-corrected chi connectivity index (χ2v) is 14.2. The Balaban J connectivity index is 0.966. The molecule has 5 aliphatic carbocycles. The van der Waals surface area contributed by atoms with Crippen molar-refractivity contribution in [2.45, 2.75) is 94.2 Å². The second-order valence-electron chi connectivity index (χ2n) is 14.2. The Hall–Kier alpha value is -3.81. The quantitative estimate of drug-likeness (QED) is 0.370. The Morgan fingerprint density at radius 2 is 1.67 bits per heavy atom. The van der Waals surface area contributed by atoms with Gasteiger partial charge in [-0.05, 0) is 74.3 Å². The number of carbonyl (C=O) groups excluding carboxylic acids is 2. The molecule has 3 aromatic rings. The van der Waals surface area contributed by atoms with Gasteiger partial charge < -0.3 is 29.6 Å². The lowest BCUT2D eigenvalue weighted by molar-refractivity contribution is -0.213. The van der Waals surface area contributed by atoms with E-state index in [-0.39, 0.29) is 18.2 Å². The predicted molar refractivity (Wildman–Crippen MR) is 164 cm³/mol. The molecule has 1 spiro atoms. The average molecular weight is 630 g/mol. The minimum absolute atomic E-state index is 0.00516. The van der Waals surface area contributed by atoms with Crippen LogP contribution in [0.5, 0.6) is 0 Å². The number of aromatic nitrogens is 4. The number of benzene rings is 1. The Bertz CT molecular complexity index is 1630. The van der Waals surface area contributed by atoms with Crippen molar-refractivity contribution in [1.29, 1.82) is 0 Å². The predicted octanol–water partition coefficient (Wildman–Crippen LogP) is 3.84. The Morgan fingerprint density at radius 1 is 0.978 bits per heavy atom. The summed E-state index contributed by atoms with van der Waals surface area (Å²) in [5, 5.41) is 8.98. The zero-order valence-electron chi connectivity index (χ0n) is 25.8.